The van der Waals surface area contributed by atoms with Crippen LogP contribution in [0.5, 0.6) is 0 Å². The lowest BCUT2D eigenvalue weighted by Crippen LogP contribution is -2.08. The molecule has 0 aliphatic carbocycles. The van der Waals surface area contributed by atoms with Crippen LogP contribution < -0.4 is 0 Å². The van der Waals surface area contributed by atoms with E-state index in [0.717, 1.165) is 16.7 Å². The number of ether oxygens (including phenoxy) is 2. The number of pyridine rings is 1. The fourth-order valence-corrected chi connectivity index (χ4v) is 1.89. The Morgan fingerprint density at radius 1 is 1.38 bits per heavy atom. The molecule has 0 aliphatic rings. The number of halogens is 3. The topological polar surface area (TPSA) is 52.8 Å². The number of rotatable bonds is 4. The van der Waals surface area contributed by atoms with Crippen molar-refractivity contribution in [2.75, 3.05) is 13.7 Å². The molecule has 0 atom stereocenters. The van der Waals surface area contributed by atoms with Crippen molar-refractivity contribution >= 4 is 11.6 Å². The smallest absolute Gasteiger partial charge is 0.417 e. The molecular weight excluding hydrogens is 289 g/mol. The predicted octanol–water partition coefficient (Wildman–Crippen LogP) is 2.68. The van der Waals surface area contributed by atoms with E-state index in [1.54, 1.807) is 6.92 Å². The Bertz CT molecular complexity index is 664. The molecule has 2 aromatic rings. The van der Waals surface area contributed by atoms with Gasteiger partial charge >= 0.3 is 12.1 Å². The average Bonchev–Trinajstić information content (AvgIpc) is 2.82. The van der Waals surface area contributed by atoms with E-state index in [1.807, 2.05) is 0 Å². The van der Waals surface area contributed by atoms with Gasteiger partial charge in [-0.2, -0.15) is 13.2 Å². The SMILES string of the molecule is CCOC(=O)c1cn2cc(C(F)(F)F)cc(COC)c2n1. The van der Waals surface area contributed by atoms with Crippen molar-refractivity contribution in [3.63, 3.8) is 0 Å². The van der Waals surface area contributed by atoms with Gasteiger partial charge in [0.15, 0.2) is 5.69 Å². The lowest BCUT2D eigenvalue weighted by Gasteiger charge is -2.10. The number of nitrogens with zero attached hydrogens (tertiary/aromatic N) is 2. The minimum atomic E-state index is -4.49. The van der Waals surface area contributed by atoms with E-state index in [9.17, 15) is 18.0 Å². The van der Waals surface area contributed by atoms with Crippen LogP contribution in [-0.4, -0.2) is 29.1 Å². The van der Waals surface area contributed by atoms with Gasteiger partial charge in [0.2, 0.25) is 0 Å². The Kier molecular flexibility index (Phi) is 4.17. The molecule has 114 valence electrons. The average molecular weight is 302 g/mol. The van der Waals surface area contributed by atoms with E-state index in [4.69, 9.17) is 9.47 Å². The second-order valence-electron chi connectivity index (χ2n) is 4.26. The Balaban J connectivity index is 2.57. The molecule has 0 unspecified atom stereocenters. The zero-order chi connectivity index (χ0) is 15.6. The largest absolute Gasteiger partial charge is 0.461 e. The maximum Gasteiger partial charge on any atom is 0.417 e. The van der Waals surface area contributed by atoms with Crippen LogP contribution in [0.25, 0.3) is 5.65 Å². The van der Waals surface area contributed by atoms with E-state index in [0.29, 0.717) is 0 Å². The molecule has 0 radical (unpaired) electrons. The molecular formula is C13H13F3N2O3. The molecule has 2 heterocycles. The molecule has 0 saturated carbocycles. The van der Waals surface area contributed by atoms with Crippen molar-refractivity contribution in [2.45, 2.75) is 19.7 Å². The van der Waals surface area contributed by atoms with E-state index in [2.05, 4.69) is 4.98 Å². The first-order chi connectivity index (χ1) is 9.86. The molecule has 0 amide bonds. The lowest BCUT2D eigenvalue weighted by molar-refractivity contribution is -0.137. The van der Waals surface area contributed by atoms with Crippen molar-refractivity contribution in [3.05, 3.63) is 35.3 Å². The van der Waals surface area contributed by atoms with Gasteiger partial charge in [0, 0.05) is 25.1 Å². The summed E-state index contributed by atoms with van der Waals surface area (Å²) in [6.07, 6.45) is -2.41. The Hall–Kier alpha value is -2.09. The third kappa shape index (κ3) is 3.15. The minimum Gasteiger partial charge on any atom is -0.461 e. The monoisotopic (exact) mass is 302 g/mol. The summed E-state index contributed by atoms with van der Waals surface area (Å²) >= 11 is 0. The highest BCUT2D eigenvalue weighted by Crippen LogP contribution is 2.31. The van der Waals surface area contributed by atoms with Crippen LogP contribution in [0.4, 0.5) is 13.2 Å². The number of carbonyl (C=O) groups is 1. The number of hydrogen-bond donors (Lipinski definition) is 0. The van der Waals surface area contributed by atoms with Crippen LogP contribution in [0.2, 0.25) is 0 Å². The highest BCUT2D eigenvalue weighted by molar-refractivity contribution is 5.88. The number of carbonyl (C=O) groups excluding carboxylic acids is 1. The fraction of sp³-hybridized carbons (Fsp3) is 0.385. The van der Waals surface area contributed by atoms with Crippen LogP contribution in [0.15, 0.2) is 18.5 Å². The highest BCUT2D eigenvalue weighted by Gasteiger charge is 2.32. The van der Waals surface area contributed by atoms with Gasteiger partial charge < -0.3 is 13.9 Å². The third-order valence-electron chi connectivity index (χ3n) is 2.74. The van der Waals surface area contributed by atoms with Gasteiger partial charge in [0.05, 0.1) is 18.8 Å². The summed E-state index contributed by atoms with van der Waals surface area (Å²) in [5.74, 6) is -0.682. The van der Waals surface area contributed by atoms with Crippen LogP contribution >= 0.6 is 0 Å². The molecule has 0 bridgehead atoms. The number of hydrogen-bond acceptors (Lipinski definition) is 4. The first-order valence-electron chi connectivity index (χ1n) is 6.11. The zero-order valence-corrected chi connectivity index (χ0v) is 11.4. The number of methoxy groups -OCH3 is 1. The van der Waals surface area contributed by atoms with Crippen molar-refractivity contribution in [3.8, 4) is 0 Å². The molecule has 0 fully saturated rings. The standard InChI is InChI=1S/C13H13F3N2O3/c1-3-21-12(19)10-6-18-5-9(13(14,15)16)4-8(7-20-2)11(18)17-10/h4-6H,3,7H2,1-2H3. The first kappa shape index (κ1) is 15.3. The van der Waals surface area contributed by atoms with Crippen LogP contribution in [0.3, 0.4) is 0 Å². The summed E-state index contributed by atoms with van der Waals surface area (Å²) in [7, 11) is 1.37. The Labute approximate surface area is 118 Å². The van der Waals surface area contributed by atoms with Crippen LogP contribution in [-0.2, 0) is 22.3 Å². The van der Waals surface area contributed by atoms with Gasteiger partial charge in [-0.15, -0.1) is 0 Å². The van der Waals surface area contributed by atoms with Gasteiger partial charge in [-0.3, -0.25) is 0 Å². The fourth-order valence-electron chi connectivity index (χ4n) is 1.89. The van der Waals surface area contributed by atoms with Gasteiger partial charge in [-0.25, -0.2) is 9.78 Å². The summed E-state index contributed by atoms with van der Waals surface area (Å²) in [5, 5.41) is 0. The normalized spacial score (nSPS) is 11.9. The number of alkyl halides is 3. The van der Waals surface area contributed by atoms with E-state index >= 15 is 0 Å². The molecule has 0 N–H and O–H groups in total. The predicted molar refractivity (Wildman–Crippen MR) is 66.9 cm³/mol. The van der Waals surface area contributed by atoms with Crippen molar-refractivity contribution in [2.24, 2.45) is 0 Å². The van der Waals surface area contributed by atoms with E-state index in [-0.39, 0.29) is 30.1 Å². The van der Waals surface area contributed by atoms with Crippen molar-refractivity contribution in [1.29, 1.82) is 0 Å². The number of imidazole rings is 1. The molecule has 0 saturated heterocycles. The van der Waals surface area contributed by atoms with Gasteiger partial charge in [-0.05, 0) is 13.0 Å². The summed E-state index contributed by atoms with van der Waals surface area (Å²) in [5.41, 5.74) is -0.417. The summed E-state index contributed by atoms with van der Waals surface area (Å²) in [6, 6.07) is 0.959. The van der Waals surface area contributed by atoms with Gasteiger partial charge in [0.25, 0.3) is 0 Å². The van der Waals surface area contributed by atoms with Gasteiger partial charge in [-0.1, -0.05) is 0 Å². The third-order valence-corrected chi connectivity index (χ3v) is 2.74. The Morgan fingerprint density at radius 2 is 2.10 bits per heavy atom. The maximum atomic E-state index is 12.9. The molecule has 21 heavy (non-hydrogen) atoms. The molecule has 5 nitrogen and oxygen atoms in total. The quantitative estimate of drug-likeness (QED) is 0.815. The zero-order valence-electron chi connectivity index (χ0n) is 11.4. The first-order valence-corrected chi connectivity index (χ1v) is 6.11. The number of esters is 1. The van der Waals surface area contributed by atoms with Crippen LogP contribution in [0.1, 0.15) is 28.5 Å². The molecule has 2 rings (SSSR count). The second-order valence-corrected chi connectivity index (χ2v) is 4.26. The van der Waals surface area contributed by atoms with E-state index in [1.165, 1.54) is 13.3 Å². The maximum absolute atomic E-state index is 12.9. The number of fused-ring (bicyclic) bond motifs is 1. The van der Waals surface area contributed by atoms with Crippen molar-refractivity contribution < 1.29 is 27.4 Å². The molecule has 0 spiro atoms. The molecule has 0 aliphatic heterocycles. The lowest BCUT2D eigenvalue weighted by atomic mass is 10.2. The van der Waals surface area contributed by atoms with Crippen molar-refractivity contribution in [1.82, 2.24) is 9.38 Å². The van der Waals surface area contributed by atoms with E-state index < -0.39 is 17.7 Å². The second kappa shape index (κ2) is 5.72. The highest BCUT2D eigenvalue weighted by atomic mass is 19.4. The summed E-state index contributed by atoms with van der Waals surface area (Å²) in [6.45, 7) is 1.74. The summed E-state index contributed by atoms with van der Waals surface area (Å²) in [4.78, 5) is 15.6. The van der Waals surface area contributed by atoms with Gasteiger partial charge in [0.1, 0.15) is 5.65 Å². The molecule has 0 aromatic carbocycles. The molecule has 8 heteroatoms. The van der Waals surface area contributed by atoms with Crippen LogP contribution in [0, 0.1) is 0 Å². The molecule has 2 aromatic heterocycles. The Morgan fingerprint density at radius 3 is 2.67 bits per heavy atom. The summed E-state index contributed by atoms with van der Waals surface area (Å²) < 4.78 is 49.4. The number of aromatic nitrogens is 2. The minimum absolute atomic E-state index is 0.0477.